The summed E-state index contributed by atoms with van der Waals surface area (Å²) in [6.07, 6.45) is 1.73. The Morgan fingerprint density at radius 1 is 1.58 bits per heavy atom. The third kappa shape index (κ3) is 4.51. The molecule has 0 spiro atoms. The van der Waals surface area contributed by atoms with E-state index in [-0.39, 0.29) is 18.1 Å². The van der Waals surface area contributed by atoms with Crippen molar-refractivity contribution in [2.75, 3.05) is 27.2 Å². The monoisotopic (exact) mass is 269 g/mol. The fraction of sp³-hybridized carbons (Fsp3) is 0.455. The minimum Gasteiger partial charge on any atom is -0.478 e. The van der Waals surface area contributed by atoms with Crippen molar-refractivity contribution in [3.63, 3.8) is 0 Å². The summed E-state index contributed by atoms with van der Waals surface area (Å²) in [6, 6.07) is 0.941. The van der Waals surface area contributed by atoms with Crippen molar-refractivity contribution in [1.82, 2.24) is 9.88 Å². The molecule has 0 aliphatic carbocycles. The Hall–Kier alpha value is -2.22. The van der Waals surface area contributed by atoms with E-state index < -0.39 is 16.6 Å². The number of aromatic carboxylic acids is 1. The summed E-state index contributed by atoms with van der Waals surface area (Å²) >= 11 is 0. The van der Waals surface area contributed by atoms with E-state index in [2.05, 4.69) is 4.98 Å². The van der Waals surface area contributed by atoms with Crippen LogP contribution in [0.3, 0.4) is 0 Å². The molecule has 8 nitrogen and oxygen atoms in total. The van der Waals surface area contributed by atoms with Gasteiger partial charge in [0.2, 0.25) is 0 Å². The normalized spacial score (nSPS) is 10.5. The molecule has 0 saturated heterocycles. The van der Waals surface area contributed by atoms with Gasteiger partial charge >= 0.3 is 11.7 Å². The van der Waals surface area contributed by atoms with E-state index >= 15 is 0 Å². The molecule has 0 aromatic carbocycles. The molecule has 0 aliphatic rings. The molecule has 19 heavy (non-hydrogen) atoms. The number of carbonyl (C=O) groups is 1. The average molecular weight is 269 g/mol. The van der Waals surface area contributed by atoms with Gasteiger partial charge in [0, 0.05) is 18.8 Å². The fourth-order valence-electron chi connectivity index (χ4n) is 1.35. The van der Waals surface area contributed by atoms with Gasteiger partial charge in [0.05, 0.1) is 17.1 Å². The number of hydrogen-bond acceptors (Lipinski definition) is 6. The molecule has 0 saturated carbocycles. The van der Waals surface area contributed by atoms with Crippen LogP contribution in [-0.4, -0.2) is 53.1 Å². The topological polar surface area (TPSA) is 106 Å². The number of carboxylic acid groups (broad SMARTS) is 1. The molecule has 1 rings (SSSR count). The lowest BCUT2D eigenvalue weighted by atomic mass is 10.2. The van der Waals surface area contributed by atoms with Crippen LogP contribution in [0.4, 0.5) is 5.69 Å². The lowest BCUT2D eigenvalue weighted by Gasteiger charge is -2.10. The average Bonchev–Trinajstić information content (AvgIpc) is 2.34. The number of ether oxygens (including phenoxy) is 1. The van der Waals surface area contributed by atoms with Crippen molar-refractivity contribution in [2.45, 2.75) is 6.42 Å². The molecular formula is C11H15N3O5. The molecule has 104 valence electrons. The van der Waals surface area contributed by atoms with Crippen LogP contribution in [0.2, 0.25) is 0 Å². The molecule has 0 radical (unpaired) electrons. The van der Waals surface area contributed by atoms with Gasteiger partial charge in [-0.15, -0.1) is 0 Å². The highest BCUT2D eigenvalue weighted by Gasteiger charge is 2.20. The van der Waals surface area contributed by atoms with Gasteiger partial charge < -0.3 is 14.7 Å². The SMILES string of the molecule is CN(C)CCCOc1ncc(C(=O)O)cc1[N+](=O)[O-]. The van der Waals surface area contributed by atoms with Gasteiger partial charge in [0.1, 0.15) is 0 Å². The van der Waals surface area contributed by atoms with E-state index in [1.165, 1.54) is 0 Å². The summed E-state index contributed by atoms with van der Waals surface area (Å²) in [6.45, 7) is 1.06. The first kappa shape index (κ1) is 14.8. The Morgan fingerprint density at radius 2 is 2.26 bits per heavy atom. The van der Waals surface area contributed by atoms with Gasteiger partial charge in [-0.05, 0) is 20.5 Å². The summed E-state index contributed by atoms with van der Waals surface area (Å²) in [4.78, 5) is 26.5. The molecular weight excluding hydrogens is 254 g/mol. The summed E-state index contributed by atoms with van der Waals surface area (Å²) in [5.74, 6) is -1.43. The second-order valence-electron chi connectivity index (χ2n) is 4.12. The van der Waals surface area contributed by atoms with Gasteiger partial charge in [0.15, 0.2) is 0 Å². The zero-order valence-corrected chi connectivity index (χ0v) is 10.7. The second kappa shape index (κ2) is 6.64. The Bertz CT molecular complexity index is 475. The zero-order chi connectivity index (χ0) is 14.4. The van der Waals surface area contributed by atoms with Gasteiger partial charge in [-0.2, -0.15) is 0 Å². The largest absolute Gasteiger partial charge is 0.478 e. The number of pyridine rings is 1. The minimum absolute atomic E-state index is 0.159. The molecule has 1 heterocycles. The van der Waals surface area contributed by atoms with Crippen molar-refractivity contribution in [3.05, 3.63) is 27.9 Å². The molecule has 0 amide bonds. The quantitative estimate of drug-likeness (QED) is 0.447. The number of hydrogen-bond donors (Lipinski definition) is 1. The fourth-order valence-corrected chi connectivity index (χ4v) is 1.35. The highest BCUT2D eigenvalue weighted by atomic mass is 16.6. The first-order chi connectivity index (χ1) is 8.91. The summed E-state index contributed by atoms with van der Waals surface area (Å²) in [5.41, 5.74) is -0.683. The lowest BCUT2D eigenvalue weighted by molar-refractivity contribution is -0.386. The van der Waals surface area contributed by atoms with Crippen LogP contribution in [0.25, 0.3) is 0 Å². The van der Waals surface area contributed by atoms with E-state index in [0.717, 1.165) is 18.8 Å². The predicted octanol–water partition coefficient (Wildman–Crippen LogP) is 1.02. The standard InChI is InChI=1S/C11H15N3O5/c1-13(2)4-3-5-19-10-9(14(17)18)6-8(7-12-10)11(15)16/h6-7H,3-5H2,1-2H3,(H,15,16). The number of nitro groups is 1. The van der Waals surface area contributed by atoms with Crippen molar-refractivity contribution in [3.8, 4) is 5.88 Å². The molecule has 0 aliphatic heterocycles. The van der Waals surface area contributed by atoms with E-state index in [0.29, 0.717) is 6.42 Å². The second-order valence-corrected chi connectivity index (χ2v) is 4.12. The molecule has 0 unspecified atom stereocenters. The van der Waals surface area contributed by atoms with E-state index in [1.54, 1.807) is 0 Å². The van der Waals surface area contributed by atoms with Crippen LogP contribution in [0.15, 0.2) is 12.3 Å². The molecule has 1 aromatic rings. The van der Waals surface area contributed by atoms with Crippen molar-refractivity contribution < 1.29 is 19.6 Å². The van der Waals surface area contributed by atoms with E-state index in [1.807, 2.05) is 19.0 Å². The highest BCUT2D eigenvalue weighted by molar-refractivity contribution is 5.88. The van der Waals surface area contributed by atoms with Crippen LogP contribution in [0.5, 0.6) is 5.88 Å². The van der Waals surface area contributed by atoms with Crippen molar-refractivity contribution in [2.24, 2.45) is 0 Å². The van der Waals surface area contributed by atoms with Gasteiger partial charge in [-0.3, -0.25) is 10.1 Å². The third-order valence-corrected chi connectivity index (χ3v) is 2.26. The highest BCUT2D eigenvalue weighted by Crippen LogP contribution is 2.25. The summed E-state index contributed by atoms with van der Waals surface area (Å²) in [7, 11) is 3.81. The van der Waals surface area contributed by atoms with E-state index in [9.17, 15) is 14.9 Å². The van der Waals surface area contributed by atoms with Gasteiger partial charge in [-0.25, -0.2) is 9.78 Å². The Balaban J connectivity index is 2.77. The smallest absolute Gasteiger partial charge is 0.337 e. The molecule has 0 bridgehead atoms. The third-order valence-electron chi connectivity index (χ3n) is 2.26. The number of carboxylic acids is 1. The maximum absolute atomic E-state index is 10.8. The van der Waals surface area contributed by atoms with Crippen LogP contribution in [0.1, 0.15) is 16.8 Å². The van der Waals surface area contributed by atoms with Crippen LogP contribution in [0, 0.1) is 10.1 Å². The predicted molar refractivity (Wildman–Crippen MR) is 66.5 cm³/mol. The maximum atomic E-state index is 10.8. The first-order valence-electron chi connectivity index (χ1n) is 5.57. The maximum Gasteiger partial charge on any atom is 0.337 e. The van der Waals surface area contributed by atoms with Gasteiger partial charge in [-0.1, -0.05) is 0 Å². The minimum atomic E-state index is -1.27. The summed E-state index contributed by atoms with van der Waals surface area (Å²) < 4.78 is 5.21. The summed E-state index contributed by atoms with van der Waals surface area (Å²) in [5, 5.41) is 19.6. The van der Waals surface area contributed by atoms with Gasteiger partial charge in [0.25, 0.3) is 5.88 Å². The first-order valence-corrected chi connectivity index (χ1v) is 5.57. The number of nitrogens with zero attached hydrogens (tertiary/aromatic N) is 3. The molecule has 0 fully saturated rings. The Morgan fingerprint density at radius 3 is 2.79 bits per heavy atom. The Kier molecular flexibility index (Phi) is 5.19. The van der Waals surface area contributed by atoms with Crippen molar-refractivity contribution >= 4 is 11.7 Å². The number of aromatic nitrogens is 1. The number of rotatable bonds is 7. The van der Waals surface area contributed by atoms with E-state index in [4.69, 9.17) is 9.84 Å². The van der Waals surface area contributed by atoms with Crippen LogP contribution < -0.4 is 4.74 Å². The molecule has 1 aromatic heterocycles. The van der Waals surface area contributed by atoms with Crippen molar-refractivity contribution in [1.29, 1.82) is 0 Å². The Labute approximate surface area is 109 Å². The molecule has 8 heteroatoms. The van der Waals surface area contributed by atoms with Crippen LogP contribution in [-0.2, 0) is 0 Å². The lowest BCUT2D eigenvalue weighted by Crippen LogP contribution is -2.16. The molecule has 0 atom stereocenters. The van der Waals surface area contributed by atoms with Crippen LogP contribution >= 0.6 is 0 Å². The molecule has 1 N–H and O–H groups in total. The zero-order valence-electron chi connectivity index (χ0n) is 10.7.